The van der Waals surface area contributed by atoms with Crippen molar-refractivity contribution in [3.05, 3.63) is 40.5 Å². The third-order valence-electron chi connectivity index (χ3n) is 5.67. The number of hydrogen-bond acceptors (Lipinski definition) is 6. The van der Waals surface area contributed by atoms with E-state index in [4.69, 9.17) is 9.15 Å². The zero-order valence-electron chi connectivity index (χ0n) is 15.0. The van der Waals surface area contributed by atoms with Gasteiger partial charge in [0.05, 0.1) is 29.7 Å². The first-order valence-electron chi connectivity index (χ1n) is 9.13. The van der Waals surface area contributed by atoms with E-state index in [2.05, 4.69) is 5.32 Å². The van der Waals surface area contributed by atoms with Crippen molar-refractivity contribution >= 4 is 11.8 Å². The van der Waals surface area contributed by atoms with Crippen molar-refractivity contribution in [1.29, 1.82) is 0 Å². The van der Waals surface area contributed by atoms with Crippen molar-refractivity contribution in [3.63, 3.8) is 0 Å². The minimum absolute atomic E-state index is 0.0274. The average Bonchev–Trinajstić information content (AvgIpc) is 3.34. The lowest BCUT2D eigenvalue weighted by Gasteiger charge is -2.35. The molecule has 2 amide bonds. The Morgan fingerprint density at radius 3 is 2.85 bits per heavy atom. The fraction of sp³-hybridized carbons (Fsp3) is 0.526. The Morgan fingerprint density at radius 2 is 2.19 bits per heavy atom. The number of carbonyl (C=O) groups is 2. The van der Waals surface area contributed by atoms with E-state index in [-0.39, 0.29) is 35.5 Å². The summed E-state index contributed by atoms with van der Waals surface area (Å²) >= 11 is 0. The van der Waals surface area contributed by atoms with Gasteiger partial charge in [-0.15, -0.1) is 0 Å². The third kappa shape index (κ3) is 3.25. The van der Waals surface area contributed by atoms with Gasteiger partial charge in [-0.1, -0.05) is 12.2 Å². The molecule has 4 atom stereocenters. The van der Waals surface area contributed by atoms with Crippen LogP contribution in [0.1, 0.15) is 36.7 Å². The van der Waals surface area contributed by atoms with Crippen LogP contribution in [0.5, 0.6) is 5.75 Å². The minimum Gasteiger partial charge on any atom is -0.508 e. The highest BCUT2D eigenvalue weighted by Gasteiger charge is 2.44. The molecular formula is C19H22N2O6. The number of nitrogens with zero attached hydrogens (tertiary/aromatic N) is 1. The summed E-state index contributed by atoms with van der Waals surface area (Å²) in [6.07, 6.45) is 5.95. The van der Waals surface area contributed by atoms with E-state index in [1.54, 1.807) is 4.90 Å². The van der Waals surface area contributed by atoms with Gasteiger partial charge in [-0.2, -0.15) is 0 Å². The molecule has 3 aliphatic rings. The van der Waals surface area contributed by atoms with Crippen molar-refractivity contribution < 1.29 is 23.8 Å². The predicted molar refractivity (Wildman–Crippen MR) is 94.2 cm³/mol. The van der Waals surface area contributed by atoms with Crippen LogP contribution in [0.3, 0.4) is 0 Å². The number of carbonyl (C=O) groups excluding carboxylic acids is 2. The number of ether oxygens (including phenoxy) is 1. The molecule has 0 unspecified atom stereocenters. The lowest BCUT2D eigenvalue weighted by atomic mass is 9.92. The van der Waals surface area contributed by atoms with Crippen LogP contribution in [0.2, 0.25) is 0 Å². The molecule has 27 heavy (non-hydrogen) atoms. The molecular weight excluding hydrogens is 352 g/mol. The van der Waals surface area contributed by atoms with Crippen LogP contribution < -0.4 is 10.9 Å². The topological polar surface area (TPSA) is 109 Å². The van der Waals surface area contributed by atoms with Crippen molar-refractivity contribution in [2.45, 2.75) is 43.9 Å². The summed E-state index contributed by atoms with van der Waals surface area (Å²) in [4.78, 5) is 38.4. The molecule has 3 aliphatic heterocycles. The molecule has 0 spiro atoms. The summed E-state index contributed by atoms with van der Waals surface area (Å²) < 4.78 is 10.6. The van der Waals surface area contributed by atoms with E-state index in [0.29, 0.717) is 19.5 Å². The van der Waals surface area contributed by atoms with Crippen molar-refractivity contribution in [3.8, 4) is 5.75 Å². The summed E-state index contributed by atoms with van der Waals surface area (Å²) in [6, 6.07) is 2.05. The maximum Gasteiger partial charge on any atom is 0.340 e. The van der Waals surface area contributed by atoms with Crippen molar-refractivity contribution in [1.82, 2.24) is 10.2 Å². The smallest absolute Gasteiger partial charge is 0.340 e. The van der Waals surface area contributed by atoms with E-state index in [1.165, 1.54) is 0 Å². The molecule has 4 rings (SSSR count). The van der Waals surface area contributed by atoms with Gasteiger partial charge in [0.2, 0.25) is 5.91 Å². The monoisotopic (exact) mass is 374 g/mol. The molecule has 2 saturated heterocycles. The Bertz CT molecular complexity index is 862. The highest BCUT2D eigenvalue weighted by molar-refractivity contribution is 5.92. The highest BCUT2D eigenvalue weighted by Crippen LogP contribution is 2.34. The summed E-state index contributed by atoms with van der Waals surface area (Å²) in [6.45, 7) is 2.69. The summed E-state index contributed by atoms with van der Waals surface area (Å²) in [5.74, 6) is -1.25. The third-order valence-corrected chi connectivity index (χ3v) is 5.67. The quantitative estimate of drug-likeness (QED) is 0.755. The van der Waals surface area contributed by atoms with Gasteiger partial charge in [0, 0.05) is 19.2 Å². The SMILES string of the molecule is C[C@]1(CNC(=O)[C@@H]2C[C@H]3C=C[C@@H]2O3)CCCN1C(=O)c1cc(O)cc(=O)o1. The molecule has 8 nitrogen and oxygen atoms in total. The molecule has 2 fully saturated rings. The molecule has 2 bridgehead atoms. The second kappa shape index (κ2) is 6.53. The second-order valence-corrected chi connectivity index (χ2v) is 7.64. The van der Waals surface area contributed by atoms with Crippen LogP contribution in [0, 0.1) is 5.92 Å². The fourth-order valence-corrected chi connectivity index (χ4v) is 4.19. The van der Waals surface area contributed by atoms with Crippen molar-refractivity contribution in [2.75, 3.05) is 13.1 Å². The molecule has 0 saturated carbocycles. The Kier molecular flexibility index (Phi) is 4.30. The highest BCUT2D eigenvalue weighted by atomic mass is 16.5. The second-order valence-electron chi connectivity index (χ2n) is 7.64. The molecule has 4 heterocycles. The molecule has 0 aliphatic carbocycles. The molecule has 8 heteroatoms. The first kappa shape index (κ1) is 17.8. The van der Waals surface area contributed by atoms with E-state index in [9.17, 15) is 19.5 Å². The number of amides is 2. The number of hydrogen-bond donors (Lipinski definition) is 2. The van der Waals surface area contributed by atoms with Gasteiger partial charge in [0.15, 0.2) is 5.76 Å². The number of nitrogens with one attached hydrogen (secondary N) is 1. The Morgan fingerprint density at radius 1 is 1.37 bits per heavy atom. The number of rotatable bonds is 4. The summed E-state index contributed by atoms with van der Waals surface area (Å²) in [5.41, 5.74) is -1.37. The molecule has 0 radical (unpaired) electrons. The Hall–Kier alpha value is -2.61. The molecule has 1 aromatic heterocycles. The maximum absolute atomic E-state index is 12.8. The van der Waals surface area contributed by atoms with Crippen LogP contribution in [-0.2, 0) is 9.53 Å². The average molecular weight is 374 g/mol. The lowest BCUT2D eigenvalue weighted by molar-refractivity contribution is -0.126. The number of aromatic hydroxyl groups is 1. The normalized spacial score (nSPS) is 31.4. The summed E-state index contributed by atoms with van der Waals surface area (Å²) in [7, 11) is 0. The predicted octanol–water partition coefficient (Wildman–Crippen LogP) is 0.800. The largest absolute Gasteiger partial charge is 0.508 e. The first-order chi connectivity index (χ1) is 12.9. The Labute approximate surface area is 155 Å². The van der Waals surface area contributed by atoms with Crippen LogP contribution in [-0.4, -0.2) is 52.7 Å². The lowest BCUT2D eigenvalue weighted by Crippen LogP contribution is -2.53. The van der Waals surface area contributed by atoms with Gasteiger partial charge in [-0.3, -0.25) is 9.59 Å². The minimum atomic E-state index is -0.781. The molecule has 2 N–H and O–H groups in total. The maximum atomic E-state index is 12.8. The first-order valence-corrected chi connectivity index (χ1v) is 9.13. The van der Waals surface area contributed by atoms with E-state index in [0.717, 1.165) is 25.0 Å². The zero-order chi connectivity index (χ0) is 19.2. The number of likely N-dealkylation sites (tertiary alicyclic amines) is 1. The van der Waals surface area contributed by atoms with Gasteiger partial charge in [0.1, 0.15) is 5.75 Å². The molecule has 0 aromatic carbocycles. The van der Waals surface area contributed by atoms with E-state index < -0.39 is 17.1 Å². The van der Waals surface area contributed by atoms with Crippen LogP contribution in [0.25, 0.3) is 0 Å². The number of fused-ring (bicyclic) bond motifs is 2. The van der Waals surface area contributed by atoms with Gasteiger partial charge in [0.25, 0.3) is 5.91 Å². The molecule has 144 valence electrons. The summed E-state index contributed by atoms with van der Waals surface area (Å²) in [5, 5.41) is 12.5. The fourth-order valence-electron chi connectivity index (χ4n) is 4.19. The van der Waals surface area contributed by atoms with Crippen molar-refractivity contribution in [2.24, 2.45) is 5.92 Å². The van der Waals surface area contributed by atoms with E-state index in [1.807, 2.05) is 19.1 Å². The van der Waals surface area contributed by atoms with Crippen LogP contribution in [0.15, 0.2) is 33.5 Å². The van der Waals surface area contributed by atoms with E-state index >= 15 is 0 Å². The van der Waals surface area contributed by atoms with Gasteiger partial charge in [-0.05, 0) is 26.2 Å². The van der Waals surface area contributed by atoms with Gasteiger partial charge in [-0.25, -0.2) is 4.79 Å². The zero-order valence-corrected chi connectivity index (χ0v) is 15.0. The standard InChI is InChI=1S/C19H22N2O6/c1-19(10-20-17(24)13-9-12-3-4-14(13)26-12)5-2-6-21(19)18(25)15-7-11(22)8-16(23)27-15/h3-4,7-8,12-14,22H,2,5-6,9-10H2,1H3,(H,20,24)/t12-,13-,14+,19-/m1/s1. The van der Waals surface area contributed by atoms with Gasteiger partial charge < -0.3 is 24.5 Å². The molecule has 1 aromatic rings. The van der Waals surface area contributed by atoms with Crippen LogP contribution >= 0.6 is 0 Å². The Balaban J connectivity index is 1.44. The van der Waals surface area contributed by atoms with Gasteiger partial charge >= 0.3 is 5.63 Å². The van der Waals surface area contributed by atoms with Crippen LogP contribution in [0.4, 0.5) is 0 Å².